The van der Waals surface area contributed by atoms with Crippen molar-refractivity contribution in [2.45, 2.75) is 26.2 Å². The summed E-state index contributed by atoms with van der Waals surface area (Å²) in [5.74, 6) is 1.27. The van der Waals surface area contributed by atoms with Crippen molar-refractivity contribution < 1.29 is 0 Å². The van der Waals surface area contributed by atoms with E-state index in [1.165, 1.54) is 12.0 Å². The van der Waals surface area contributed by atoms with Gasteiger partial charge in [0.15, 0.2) is 0 Å². The molecule has 2 unspecified atom stereocenters. The highest BCUT2D eigenvalue weighted by Crippen LogP contribution is 2.27. The third kappa shape index (κ3) is 3.51. The number of hydrogen-bond acceptors (Lipinski definition) is 1. The third-order valence-electron chi connectivity index (χ3n) is 3.05. The molecule has 0 heterocycles. The largest absolute Gasteiger partial charge is 0.319 e. The lowest BCUT2D eigenvalue weighted by Crippen LogP contribution is -2.22. The first-order chi connectivity index (χ1) is 7.19. The Bertz CT molecular complexity index is 281. The van der Waals surface area contributed by atoms with Gasteiger partial charge in [-0.2, -0.15) is 0 Å². The number of rotatable bonds is 5. The molecule has 0 radical (unpaired) electrons. The predicted molar refractivity (Wildman–Crippen MR) is 67.6 cm³/mol. The van der Waals surface area contributed by atoms with Gasteiger partial charge in [0.05, 0.1) is 0 Å². The van der Waals surface area contributed by atoms with Crippen molar-refractivity contribution in [3.05, 3.63) is 34.9 Å². The highest BCUT2D eigenvalue weighted by atomic mass is 35.5. The minimum atomic E-state index is 0.581. The van der Waals surface area contributed by atoms with Crippen molar-refractivity contribution in [1.29, 1.82) is 0 Å². The van der Waals surface area contributed by atoms with Gasteiger partial charge < -0.3 is 5.32 Å². The molecule has 0 aliphatic heterocycles. The Kier molecular flexibility index (Phi) is 5.13. The second-order valence-electron chi connectivity index (χ2n) is 4.10. The Morgan fingerprint density at radius 3 is 2.33 bits per heavy atom. The van der Waals surface area contributed by atoms with E-state index in [-0.39, 0.29) is 0 Å². The molecule has 1 aromatic rings. The summed E-state index contributed by atoms with van der Waals surface area (Å²) in [6.45, 7) is 5.57. The van der Waals surface area contributed by atoms with E-state index in [4.69, 9.17) is 11.6 Å². The van der Waals surface area contributed by atoms with Crippen LogP contribution in [0.5, 0.6) is 0 Å². The molecule has 84 valence electrons. The average Bonchev–Trinajstić information content (AvgIpc) is 2.26. The van der Waals surface area contributed by atoms with Crippen LogP contribution in [0.3, 0.4) is 0 Å². The van der Waals surface area contributed by atoms with E-state index in [0.29, 0.717) is 11.8 Å². The molecule has 0 saturated heterocycles. The second-order valence-corrected chi connectivity index (χ2v) is 4.54. The van der Waals surface area contributed by atoms with Crippen LogP contribution in [0.15, 0.2) is 24.3 Å². The van der Waals surface area contributed by atoms with Crippen LogP contribution in [0.25, 0.3) is 0 Å². The van der Waals surface area contributed by atoms with E-state index in [2.05, 4.69) is 31.3 Å². The minimum Gasteiger partial charge on any atom is -0.319 e. The summed E-state index contributed by atoms with van der Waals surface area (Å²) in [5, 5.41) is 4.07. The van der Waals surface area contributed by atoms with Crippen LogP contribution in [-0.4, -0.2) is 13.6 Å². The molecular weight excluding hydrogens is 206 g/mol. The molecule has 0 aromatic heterocycles. The number of nitrogens with one attached hydrogen (secondary N) is 1. The van der Waals surface area contributed by atoms with Crippen LogP contribution in [-0.2, 0) is 0 Å². The topological polar surface area (TPSA) is 12.0 Å². The Morgan fingerprint density at radius 2 is 1.87 bits per heavy atom. The predicted octanol–water partition coefficient (Wildman–Crippen LogP) is 3.69. The lowest BCUT2D eigenvalue weighted by molar-refractivity contribution is 0.432. The number of hydrogen-bond donors (Lipinski definition) is 1. The molecule has 0 aliphatic carbocycles. The zero-order valence-corrected chi connectivity index (χ0v) is 10.5. The number of halogens is 1. The van der Waals surface area contributed by atoms with Gasteiger partial charge in [0.1, 0.15) is 0 Å². The second kappa shape index (κ2) is 6.14. The van der Waals surface area contributed by atoms with E-state index in [9.17, 15) is 0 Å². The molecule has 0 saturated carbocycles. The standard InChI is InChI=1S/C13H20ClN/c1-4-10(2)13(9-15-3)11-5-7-12(14)8-6-11/h5-8,10,13,15H,4,9H2,1-3H3. The summed E-state index contributed by atoms with van der Waals surface area (Å²) >= 11 is 5.89. The first-order valence-electron chi connectivity index (χ1n) is 5.59. The molecule has 1 rings (SSSR count). The summed E-state index contributed by atoms with van der Waals surface area (Å²) in [6, 6.07) is 8.22. The summed E-state index contributed by atoms with van der Waals surface area (Å²) in [6.07, 6.45) is 1.20. The molecule has 0 fully saturated rings. The summed E-state index contributed by atoms with van der Waals surface area (Å²) < 4.78 is 0. The Morgan fingerprint density at radius 1 is 1.27 bits per heavy atom. The maximum Gasteiger partial charge on any atom is 0.0406 e. The lowest BCUT2D eigenvalue weighted by Gasteiger charge is -2.23. The van der Waals surface area contributed by atoms with Gasteiger partial charge in [-0.1, -0.05) is 44.0 Å². The van der Waals surface area contributed by atoms with E-state index < -0.39 is 0 Å². The van der Waals surface area contributed by atoms with E-state index >= 15 is 0 Å². The first kappa shape index (κ1) is 12.5. The van der Waals surface area contributed by atoms with Gasteiger partial charge in [-0.05, 0) is 36.6 Å². The van der Waals surface area contributed by atoms with Gasteiger partial charge in [-0.3, -0.25) is 0 Å². The normalized spacial score (nSPS) is 14.9. The third-order valence-corrected chi connectivity index (χ3v) is 3.31. The zero-order chi connectivity index (χ0) is 11.3. The molecule has 1 nitrogen and oxygen atoms in total. The average molecular weight is 226 g/mol. The van der Waals surface area contributed by atoms with Crippen molar-refractivity contribution in [2.75, 3.05) is 13.6 Å². The first-order valence-corrected chi connectivity index (χ1v) is 5.96. The van der Waals surface area contributed by atoms with Crippen molar-refractivity contribution in [1.82, 2.24) is 5.32 Å². The molecular formula is C13H20ClN. The summed E-state index contributed by atoms with van der Waals surface area (Å²) in [7, 11) is 2.01. The molecule has 0 bridgehead atoms. The maximum absolute atomic E-state index is 5.89. The van der Waals surface area contributed by atoms with Crippen LogP contribution >= 0.6 is 11.6 Å². The van der Waals surface area contributed by atoms with Gasteiger partial charge >= 0.3 is 0 Å². The van der Waals surface area contributed by atoms with Crippen LogP contribution in [0.1, 0.15) is 31.7 Å². The molecule has 15 heavy (non-hydrogen) atoms. The summed E-state index contributed by atoms with van der Waals surface area (Å²) in [5.41, 5.74) is 1.38. The molecule has 1 N–H and O–H groups in total. The van der Waals surface area contributed by atoms with Crippen LogP contribution < -0.4 is 5.32 Å². The Balaban J connectivity index is 2.83. The van der Waals surface area contributed by atoms with Gasteiger partial charge in [-0.15, -0.1) is 0 Å². The molecule has 0 spiro atoms. The smallest absolute Gasteiger partial charge is 0.0406 e. The Labute approximate surface area is 97.8 Å². The van der Waals surface area contributed by atoms with Gasteiger partial charge in [0, 0.05) is 11.6 Å². The van der Waals surface area contributed by atoms with Gasteiger partial charge in [-0.25, -0.2) is 0 Å². The Hall–Kier alpha value is -0.530. The van der Waals surface area contributed by atoms with Crippen LogP contribution in [0.4, 0.5) is 0 Å². The highest BCUT2D eigenvalue weighted by Gasteiger charge is 2.16. The zero-order valence-electron chi connectivity index (χ0n) is 9.76. The van der Waals surface area contributed by atoms with Gasteiger partial charge in [0.25, 0.3) is 0 Å². The molecule has 0 amide bonds. The summed E-state index contributed by atoms with van der Waals surface area (Å²) in [4.78, 5) is 0. The minimum absolute atomic E-state index is 0.581. The van der Waals surface area contributed by atoms with Gasteiger partial charge in [0.2, 0.25) is 0 Å². The van der Waals surface area contributed by atoms with Crippen molar-refractivity contribution >= 4 is 11.6 Å². The SMILES string of the molecule is CCC(C)C(CNC)c1ccc(Cl)cc1. The molecule has 2 heteroatoms. The lowest BCUT2D eigenvalue weighted by atomic mass is 9.85. The fraction of sp³-hybridized carbons (Fsp3) is 0.538. The molecule has 2 atom stereocenters. The van der Waals surface area contributed by atoms with Crippen LogP contribution in [0, 0.1) is 5.92 Å². The quantitative estimate of drug-likeness (QED) is 0.806. The fourth-order valence-corrected chi connectivity index (χ4v) is 1.99. The van der Waals surface area contributed by atoms with Crippen molar-refractivity contribution in [3.8, 4) is 0 Å². The van der Waals surface area contributed by atoms with Crippen molar-refractivity contribution in [2.24, 2.45) is 5.92 Å². The monoisotopic (exact) mass is 225 g/mol. The maximum atomic E-state index is 5.89. The fourth-order valence-electron chi connectivity index (χ4n) is 1.86. The number of likely N-dealkylation sites (N-methyl/N-ethyl adjacent to an activating group) is 1. The number of benzene rings is 1. The van der Waals surface area contributed by atoms with E-state index in [1.54, 1.807) is 0 Å². The highest BCUT2D eigenvalue weighted by molar-refractivity contribution is 6.30. The molecule has 0 aliphatic rings. The van der Waals surface area contributed by atoms with E-state index in [0.717, 1.165) is 11.6 Å². The van der Waals surface area contributed by atoms with E-state index in [1.807, 2.05) is 19.2 Å². The molecule has 1 aromatic carbocycles. The van der Waals surface area contributed by atoms with Crippen LogP contribution in [0.2, 0.25) is 5.02 Å². The van der Waals surface area contributed by atoms with Crippen molar-refractivity contribution in [3.63, 3.8) is 0 Å².